The molecule has 0 radical (unpaired) electrons. The van der Waals surface area contributed by atoms with Crippen LogP contribution in [0.25, 0.3) is 10.9 Å². The first kappa shape index (κ1) is 18.4. The molecular formula is C21H23N3OS. The summed E-state index contributed by atoms with van der Waals surface area (Å²) in [4.78, 5) is 21.1. The SMILES string of the molecule is CC(C)C[C@@H](NC(=O)CSc1ncnc2ccccc12)c1ccccc1. The molecule has 0 bridgehead atoms. The van der Waals surface area contributed by atoms with Crippen LogP contribution in [0, 0.1) is 5.92 Å². The van der Waals surface area contributed by atoms with Crippen LogP contribution < -0.4 is 5.32 Å². The second-order valence-electron chi connectivity index (χ2n) is 6.64. The van der Waals surface area contributed by atoms with Gasteiger partial charge in [-0.3, -0.25) is 4.79 Å². The van der Waals surface area contributed by atoms with Crippen LogP contribution in [-0.4, -0.2) is 21.6 Å². The van der Waals surface area contributed by atoms with Crippen LogP contribution in [-0.2, 0) is 4.79 Å². The fraction of sp³-hybridized carbons (Fsp3) is 0.286. The van der Waals surface area contributed by atoms with Crippen LogP contribution in [0.1, 0.15) is 31.9 Å². The highest BCUT2D eigenvalue weighted by Crippen LogP contribution is 2.25. The van der Waals surface area contributed by atoms with Crippen molar-refractivity contribution in [2.75, 3.05) is 5.75 Å². The van der Waals surface area contributed by atoms with E-state index in [1.165, 1.54) is 11.8 Å². The molecule has 1 aromatic heterocycles. The molecule has 0 aliphatic carbocycles. The molecule has 3 rings (SSSR count). The van der Waals surface area contributed by atoms with Gasteiger partial charge in [0, 0.05) is 5.39 Å². The minimum absolute atomic E-state index is 0.0206. The third-order valence-corrected chi connectivity index (χ3v) is 5.10. The molecule has 3 aromatic rings. The smallest absolute Gasteiger partial charge is 0.230 e. The summed E-state index contributed by atoms with van der Waals surface area (Å²) in [6.45, 7) is 4.34. The summed E-state index contributed by atoms with van der Waals surface area (Å²) in [6.07, 6.45) is 2.46. The van der Waals surface area contributed by atoms with Gasteiger partial charge in [-0.25, -0.2) is 9.97 Å². The van der Waals surface area contributed by atoms with E-state index in [1.54, 1.807) is 6.33 Å². The Bertz CT molecular complexity index is 862. The lowest BCUT2D eigenvalue weighted by Crippen LogP contribution is -2.30. The summed E-state index contributed by atoms with van der Waals surface area (Å²) in [5.74, 6) is 0.855. The Kier molecular flexibility index (Phi) is 6.23. The molecule has 0 saturated heterocycles. The Labute approximate surface area is 158 Å². The van der Waals surface area contributed by atoms with Gasteiger partial charge in [0.15, 0.2) is 0 Å². The van der Waals surface area contributed by atoms with Gasteiger partial charge in [-0.15, -0.1) is 0 Å². The number of benzene rings is 2. The van der Waals surface area contributed by atoms with E-state index < -0.39 is 0 Å². The van der Waals surface area contributed by atoms with Gasteiger partial charge in [-0.1, -0.05) is 74.1 Å². The van der Waals surface area contributed by atoms with E-state index in [2.05, 4.69) is 41.3 Å². The van der Waals surface area contributed by atoms with Crippen LogP contribution in [0.3, 0.4) is 0 Å². The van der Waals surface area contributed by atoms with Crippen molar-refractivity contribution in [1.82, 2.24) is 15.3 Å². The summed E-state index contributed by atoms with van der Waals surface area (Å²) in [5.41, 5.74) is 2.04. The third kappa shape index (κ3) is 4.82. The van der Waals surface area contributed by atoms with Gasteiger partial charge in [-0.2, -0.15) is 0 Å². The number of nitrogens with zero attached hydrogens (tertiary/aromatic N) is 2. The number of thioether (sulfide) groups is 1. The summed E-state index contributed by atoms with van der Waals surface area (Å²) in [5, 5.41) is 5.00. The predicted octanol–water partition coefficient (Wildman–Crippen LogP) is 4.63. The van der Waals surface area contributed by atoms with Crippen molar-refractivity contribution in [3.63, 3.8) is 0 Å². The maximum atomic E-state index is 12.5. The number of fused-ring (bicyclic) bond motifs is 1. The Morgan fingerprint density at radius 2 is 1.77 bits per heavy atom. The zero-order valence-corrected chi connectivity index (χ0v) is 15.9. The minimum atomic E-state index is 0.0206. The number of hydrogen-bond donors (Lipinski definition) is 1. The number of para-hydroxylation sites is 1. The molecule has 5 heteroatoms. The largest absolute Gasteiger partial charge is 0.349 e. The quantitative estimate of drug-likeness (QED) is 0.490. The van der Waals surface area contributed by atoms with E-state index in [-0.39, 0.29) is 11.9 Å². The molecule has 0 spiro atoms. The fourth-order valence-electron chi connectivity index (χ4n) is 2.90. The number of nitrogens with one attached hydrogen (secondary N) is 1. The molecule has 26 heavy (non-hydrogen) atoms. The maximum absolute atomic E-state index is 12.5. The molecule has 0 aliphatic heterocycles. The van der Waals surface area contributed by atoms with Gasteiger partial charge in [0.05, 0.1) is 17.3 Å². The zero-order chi connectivity index (χ0) is 18.4. The molecule has 2 aromatic carbocycles. The summed E-state index contributed by atoms with van der Waals surface area (Å²) in [7, 11) is 0. The second-order valence-corrected chi connectivity index (χ2v) is 7.61. The van der Waals surface area contributed by atoms with Gasteiger partial charge in [0.25, 0.3) is 0 Å². The highest BCUT2D eigenvalue weighted by molar-refractivity contribution is 8.00. The van der Waals surface area contributed by atoms with Gasteiger partial charge < -0.3 is 5.32 Å². The first-order valence-electron chi connectivity index (χ1n) is 8.80. The lowest BCUT2D eigenvalue weighted by molar-refractivity contribution is -0.119. The molecule has 4 nitrogen and oxygen atoms in total. The van der Waals surface area contributed by atoms with Gasteiger partial charge in [0.2, 0.25) is 5.91 Å². The first-order valence-corrected chi connectivity index (χ1v) is 9.79. The first-order chi connectivity index (χ1) is 12.6. The monoisotopic (exact) mass is 365 g/mol. The van der Waals surface area contributed by atoms with Crippen molar-refractivity contribution in [2.45, 2.75) is 31.3 Å². The number of amides is 1. The lowest BCUT2D eigenvalue weighted by atomic mass is 9.97. The van der Waals surface area contributed by atoms with Crippen LogP contribution in [0.15, 0.2) is 66.0 Å². The Morgan fingerprint density at radius 3 is 2.54 bits per heavy atom. The van der Waals surface area contributed by atoms with E-state index in [0.29, 0.717) is 11.7 Å². The Morgan fingerprint density at radius 1 is 1.04 bits per heavy atom. The molecule has 0 unspecified atom stereocenters. The number of carbonyl (C=O) groups is 1. The van der Waals surface area contributed by atoms with Gasteiger partial charge >= 0.3 is 0 Å². The van der Waals surface area contributed by atoms with Crippen LogP contribution >= 0.6 is 11.8 Å². The molecule has 134 valence electrons. The van der Waals surface area contributed by atoms with Crippen molar-refractivity contribution in [3.8, 4) is 0 Å². The molecule has 1 atom stereocenters. The highest BCUT2D eigenvalue weighted by atomic mass is 32.2. The number of hydrogen-bond acceptors (Lipinski definition) is 4. The molecule has 1 N–H and O–H groups in total. The van der Waals surface area contributed by atoms with Crippen LogP contribution in [0.5, 0.6) is 0 Å². The Hall–Kier alpha value is -2.40. The van der Waals surface area contributed by atoms with E-state index in [9.17, 15) is 4.79 Å². The van der Waals surface area contributed by atoms with Crippen LogP contribution in [0.2, 0.25) is 0 Å². The van der Waals surface area contributed by atoms with Gasteiger partial charge in [-0.05, 0) is 24.0 Å². The molecular weight excluding hydrogens is 342 g/mol. The van der Waals surface area contributed by atoms with E-state index in [1.807, 2.05) is 42.5 Å². The van der Waals surface area contributed by atoms with Gasteiger partial charge in [0.1, 0.15) is 11.4 Å². The van der Waals surface area contributed by atoms with Crippen LogP contribution in [0.4, 0.5) is 0 Å². The summed E-state index contributed by atoms with van der Waals surface area (Å²) in [6, 6.07) is 18.0. The number of carbonyl (C=O) groups excluding carboxylic acids is 1. The van der Waals surface area contributed by atoms with Crippen molar-refractivity contribution in [2.24, 2.45) is 5.92 Å². The van der Waals surface area contributed by atoms with Crippen molar-refractivity contribution < 1.29 is 4.79 Å². The second kappa shape index (κ2) is 8.81. The van der Waals surface area contributed by atoms with Crippen molar-refractivity contribution >= 4 is 28.6 Å². The number of aromatic nitrogens is 2. The minimum Gasteiger partial charge on any atom is -0.349 e. The number of rotatable bonds is 7. The topological polar surface area (TPSA) is 54.9 Å². The van der Waals surface area contributed by atoms with Crippen molar-refractivity contribution in [1.29, 1.82) is 0 Å². The lowest BCUT2D eigenvalue weighted by Gasteiger charge is -2.21. The average Bonchev–Trinajstić information content (AvgIpc) is 2.66. The van der Waals surface area contributed by atoms with E-state index >= 15 is 0 Å². The van der Waals surface area contributed by atoms with E-state index in [4.69, 9.17) is 0 Å². The molecule has 1 amide bonds. The van der Waals surface area contributed by atoms with E-state index in [0.717, 1.165) is 27.9 Å². The maximum Gasteiger partial charge on any atom is 0.230 e. The summed E-state index contributed by atoms with van der Waals surface area (Å²) < 4.78 is 0. The molecule has 0 fully saturated rings. The fourth-order valence-corrected chi connectivity index (χ4v) is 3.70. The molecule has 0 aliphatic rings. The Balaban J connectivity index is 1.66. The summed E-state index contributed by atoms with van der Waals surface area (Å²) >= 11 is 1.45. The zero-order valence-electron chi connectivity index (χ0n) is 15.1. The standard InChI is InChI=1S/C21H23N3OS/c1-15(2)12-19(16-8-4-3-5-9-16)24-20(25)13-26-21-17-10-6-7-11-18(17)22-14-23-21/h3-11,14-15,19H,12-13H2,1-2H3,(H,24,25)/t19-/m1/s1. The normalized spacial score (nSPS) is 12.3. The van der Waals surface area contributed by atoms with Crippen molar-refractivity contribution in [3.05, 3.63) is 66.5 Å². The highest BCUT2D eigenvalue weighted by Gasteiger charge is 2.16. The predicted molar refractivity (Wildman–Crippen MR) is 107 cm³/mol. The average molecular weight is 366 g/mol. The molecule has 1 heterocycles. The molecule has 0 saturated carbocycles. The third-order valence-electron chi connectivity index (χ3n) is 4.09.